The van der Waals surface area contributed by atoms with Gasteiger partial charge in [-0.05, 0) is 109 Å². The Morgan fingerprint density at radius 3 is 0.702 bits per heavy atom. The summed E-state index contributed by atoms with van der Waals surface area (Å²) in [6.07, 6.45) is 0. The molecule has 0 N–H and O–H groups in total. The molecule has 0 amide bonds. The van der Waals surface area contributed by atoms with Crippen molar-refractivity contribution in [1.82, 2.24) is 0 Å². The molecular weight excluding hydrogens is 657 g/mol. The van der Waals surface area contributed by atoms with Crippen LogP contribution in [0.5, 0.6) is 34.5 Å². The molecule has 0 radical (unpaired) electrons. The third kappa shape index (κ3) is 11.7. The van der Waals surface area contributed by atoms with Gasteiger partial charge in [0.25, 0.3) is 0 Å². The maximum Gasteiger partial charge on any atom is 0.166 e. The van der Waals surface area contributed by atoms with Crippen molar-refractivity contribution in [3.05, 3.63) is 164 Å². The standard InChI is InChI=1S/C36H27O3S.F6P/c1-4-10-28(11-5-1)37-31-16-22-34(23-17-31)40(35-24-18-32(19-25-35)38-29-12-6-2-7-13-29)36-26-20-33(21-27-36)39-30-14-8-3-9-15-30;1-7(2,3,4,5)6/h1-27H;/q+1;-1. The minimum Gasteiger partial charge on any atom is -0.457 e. The molecule has 0 unspecified atom stereocenters. The molecule has 0 bridgehead atoms. The number of para-hydroxylation sites is 3. The summed E-state index contributed by atoms with van der Waals surface area (Å²) in [4.78, 5) is 3.57. The van der Waals surface area contributed by atoms with Crippen molar-refractivity contribution < 1.29 is 39.4 Å². The van der Waals surface area contributed by atoms with Gasteiger partial charge >= 0.3 is 33.0 Å². The minimum atomic E-state index is -10.7. The summed E-state index contributed by atoms with van der Waals surface area (Å²) < 4.78 is 77.3. The van der Waals surface area contributed by atoms with Gasteiger partial charge in [0.05, 0.1) is 10.9 Å². The molecule has 11 heteroatoms. The number of rotatable bonds is 9. The van der Waals surface area contributed by atoms with Crippen LogP contribution >= 0.6 is 7.81 Å². The van der Waals surface area contributed by atoms with Crippen LogP contribution in [0.25, 0.3) is 0 Å². The molecule has 0 heterocycles. The van der Waals surface area contributed by atoms with Gasteiger partial charge in [-0.25, -0.2) is 0 Å². The number of hydrogen-bond donors (Lipinski definition) is 0. The Morgan fingerprint density at radius 1 is 0.298 bits per heavy atom. The summed E-state index contributed by atoms with van der Waals surface area (Å²) in [5, 5.41) is 0. The van der Waals surface area contributed by atoms with E-state index in [1.54, 1.807) is 0 Å². The van der Waals surface area contributed by atoms with E-state index in [-0.39, 0.29) is 10.9 Å². The van der Waals surface area contributed by atoms with E-state index in [1.165, 1.54) is 14.7 Å². The van der Waals surface area contributed by atoms with Crippen molar-refractivity contribution in [2.24, 2.45) is 0 Å². The van der Waals surface area contributed by atoms with Crippen LogP contribution in [-0.4, -0.2) is 0 Å². The van der Waals surface area contributed by atoms with Crippen LogP contribution in [0.1, 0.15) is 0 Å². The van der Waals surface area contributed by atoms with E-state index in [0.29, 0.717) is 0 Å². The van der Waals surface area contributed by atoms with E-state index < -0.39 is 7.81 Å². The molecule has 0 aliphatic rings. The van der Waals surface area contributed by atoms with Crippen molar-refractivity contribution in [3.63, 3.8) is 0 Å². The second-order valence-electron chi connectivity index (χ2n) is 9.92. The van der Waals surface area contributed by atoms with Crippen LogP contribution in [0.2, 0.25) is 0 Å². The molecule has 0 atom stereocenters. The van der Waals surface area contributed by atoms with Gasteiger partial charge in [-0.3, -0.25) is 0 Å². The molecule has 242 valence electrons. The number of hydrogen-bond acceptors (Lipinski definition) is 3. The first-order valence-corrected chi connectivity index (χ1v) is 17.3. The van der Waals surface area contributed by atoms with Crippen LogP contribution in [0, 0.1) is 0 Å². The fraction of sp³-hybridized carbons (Fsp3) is 0. The second kappa shape index (κ2) is 13.4. The van der Waals surface area contributed by atoms with Crippen molar-refractivity contribution in [1.29, 1.82) is 0 Å². The fourth-order valence-corrected chi connectivity index (χ4v) is 6.25. The SMILES string of the molecule is F[P-](F)(F)(F)(F)F.c1ccc(Oc2ccc([S+](c3ccc(Oc4ccccc4)cc3)c3ccc(Oc4ccccc4)cc3)cc2)cc1. The monoisotopic (exact) mass is 684 g/mol. The molecule has 3 nitrogen and oxygen atoms in total. The zero-order chi connectivity index (χ0) is 33.4. The third-order valence-electron chi connectivity index (χ3n) is 6.12. The largest absolute Gasteiger partial charge is 0.457 e. The molecule has 6 rings (SSSR count). The smallest absolute Gasteiger partial charge is 0.166 e. The van der Waals surface area contributed by atoms with Crippen LogP contribution < -0.4 is 14.2 Å². The topological polar surface area (TPSA) is 27.7 Å². The van der Waals surface area contributed by atoms with Gasteiger partial charge < -0.3 is 14.2 Å². The minimum absolute atomic E-state index is 0.346. The predicted molar refractivity (Wildman–Crippen MR) is 175 cm³/mol. The fourth-order valence-electron chi connectivity index (χ4n) is 4.21. The summed E-state index contributed by atoms with van der Waals surface area (Å²) in [5.41, 5.74) is 0. The van der Waals surface area contributed by atoms with Crippen LogP contribution in [0.3, 0.4) is 0 Å². The quantitative estimate of drug-likeness (QED) is 0.0862. The molecule has 0 aliphatic heterocycles. The molecule has 6 aromatic carbocycles. The number of benzene rings is 6. The van der Waals surface area contributed by atoms with E-state index in [1.807, 2.05) is 127 Å². The van der Waals surface area contributed by atoms with Crippen molar-refractivity contribution in [2.45, 2.75) is 14.7 Å². The predicted octanol–water partition coefficient (Wildman–Crippen LogP) is 13.5. The first-order valence-electron chi connectivity index (χ1n) is 14.0. The Balaban J connectivity index is 0.000000559. The summed E-state index contributed by atoms with van der Waals surface area (Å²) in [6.45, 7) is 0. The van der Waals surface area contributed by atoms with E-state index in [4.69, 9.17) is 14.2 Å². The Bertz CT molecular complexity index is 1650. The second-order valence-corrected chi connectivity index (χ2v) is 13.9. The Kier molecular flexibility index (Phi) is 9.56. The van der Waals surface area contributed by atoms with Crippen molar-refractivity contribution in [3.8, 4) is 34.5 Å². The molecule has 0 saturated heterocycles. The third-order valence-corrected chi connectivity index (χ3v) is 8.35. The number of ether oxygens (including phenoxy) is 3. The normalized spacial score (nSPS) is 12.6. The van der Waals surface area contributed by atoms with E-state index in [9.17, 15) is 25.2 Å². The van der Waals surface area contributed by atoms with E-state index in [0.717, 1.165) is 34.5 Å². The summed E-state index contributed by atoms with van der Waals surface area (Å²) in [6, 6.07) is 54.5. The summed E-state index contributed by atoms with van der Waals surface area (Å²) in [7, 11) is -11.0. The van der Waals surface area contributed by atoms with Gasteiger partial charge in [0.2, 0.25) is 0 Å². The molecule has 6 aromatic rings. The van der Waals surface area contributed by atoms with Crippen molar-refractivity contribution >= 4 is 18.7 Å². The van der Waals surface area contributed by atoms with Gasteiger partial charge in [-0.2, -0.15) is 0 Å². The average molecular weight is 685 g/mol. The molecule has 0 aliphatic carbocycles. The number of halogens is 6. The van der Waals surface area contributed by atoms with Crippen LogP contribution in [0.4, 0.5) is 25.2 Å². The van der Waals surface area contributed by atoms with Gasteiger partial charge in [0.1, 0.15) is 34.5 Å². The zero-order valence-electron chi connectivity index (χ0n) is 24.4. The maximum atomic E-state index is 9.87. The van der Waals surface area contributed by atoms with E-state index >= 15 is 0 Å². The molecule has 0 spiro atoms. The maximum absolute atomic E-state index is 10.7. The average Bonchev–Trinajstić information content (AvgIpc) is 3.04. The first-order chi connectivity index (χ1) is 22.2. The van der Waals surface area contributed by atoms with Crippen LogP contribution in [-0.2, 0) is 10.9 Å². The van der Waals surface area contributed by atoms with E-state index in [2.05, 4.69) is 36.4 Å². The molecule has 0 aromatic heterocycles. The Morgan fingerprint density at radius 2 is 0.489 bits per heavy atom. The molecule has 0 saturated carbocycles. The van der Waals surface area contributed by atoms with Crippen LogP contribution in [0.15, 0.2) is 178 Å². The zero-order valence-corrected chi connectivity index (χ0v) is 26.1. The summed E-state index contributed by atoms with van der Waals surface area (Å²) >= 11 is 0. The van der Waals surface area contributed by atoms with Gasteiger partial charge in [0, 0.05) is 0 Å². The van der Waals surface area contributed by atoms with Gasteiger partial charge in [-0.15, -0.1) is 0 Å². The Hall–Kier alpha value is -4.92. The molecular formula is C36H27F6O3PS. The van der Waals surface area contributed by atoms with Gasteiger partial charge in [-0.1, -0.05) is 54.6 Å². The molecule has 0 fully saturated rings. The molecule has 47 heavy (non-hydrogen) atoms. The van der Waals surface area contributed by atoms with Crippen molar-refractivity contribution in [2.75, 3.05) is 0 Å². The first kappa shape index (κ1) is 33.4. The van der Waals surface area contributed by atoms with Gasteiger partial charge in [0.15, 0.2) is 14.7 Å². The Labute approximate surface area is 270 Å². The summed E-state index contributed by atoms with van der Waals surface area (Å²) in [5.74, 6) is 4.86.